The zero-order chi connectivity index (χ0) is 13.1. The number of unbranched alkanes of at least 4 members (excludes halogenated alkanes) is 1. The second-order valence-electron chi connectivity index (χ2n) is 5.17. The number of hydrogen-bond acceptors (Lipinski definition) is 4. The molecular weight excluding hydrogens is 218 g/mol. The van der Waals surface area contributed by atoms with Gasteiger partial charge in [0.1, 0.15) is 0 Å². The third-order valence-electron chi connectivity index (χ3n) is 2.65. The summed E-state index contributed by atoms with van der Waals surface area (Å²) < 4.78 is 5.04. The average Bonchev–Trinajstić information content (AvgIpc) is 2.26. The van der Waals surface area contributed by atoms with E-state index in [-0.39, 0.29) is 24.5 Å². The molecule has 0 aliphatic rings. The molecule has 0 aromatic rings. The molecule has 0 bridgehead atoms. The second-order valence-corrected chi connectivity index (χ2v) is 5.17. The zero-order valence-corrected chi connectivity index (χ0v) is 11.4. The summed E-state index contributed by atoms with van der Waals surface area (Å²) in [4.78, 5) is 11.3. The maximum absolute atomic E-state index is 11.3. The van der Waals surface area contributed by atoms with Crippen molar-refractivity contribution in [3.8, 4) is 0 Å². The Hall–Kier alpha value is -0.610. The summed E-state index contributed by atoms with van der Waals surface area (Å²) in [5.41, 5.74) is 0.104. The fourth-order valence-electron chi connectivity index (χ4n) is 1.53. The first-order valence-corrected chi connectivity index (χ1v) is 6.49. The van der Waals surface area contributed by atoms with Gasteiger partial charge in [-0.05, 0) is 24.7 Å². The summed E-state index contributed by atoms with van der Waals surface area (Å²) >= 11 is 0. The molecule has 0 fully saturated rings. The molecule has 0 aliphatic heterocycles. The van der Waals surface area contributed by atoms with Crippen LogP contribution in [-0.2, 0) is 9.53 Å². The average molecular weight is 245 g/mol. The van der Waals surface area contributed by atoms with E-state index in [1.165, 1.54) is 0 Å². The summed E-state index contributed by atoms with van der Waals surface area (Å²) in [5, 5.41) is 11.9. The van der Waals surface area contributed by atoms with Gasteiger partial charge in [0.15, 0.2) is 0 Å². The van der Waals surface area contributed by atoms with Gasteiger partial charge in [-0.2, -0.15) is 0 Å². The molecule has 17 heavy (non-hydrogen) atoms. The standard InChI is InChI=1S/C13H27NO3/c1-4-5-9-17-12(16)10-14-11-13(2,3)7-6-8-15/h14-15H,4-11H2,1-3H3. The number of rotatable bonds is 10. The van der Waals surface area contributed by atoms with E-state index < -0.39 is 0 Å². The molecule has 0 spiro atoms. The van der Waals surface area contributed by atoms with Crippen LogP contribution in [0, 0.1) is 5.41 Å². The highest BCUT2D eigenvalue weighted by molar-refractivity contribution is 5.71. The van der Waals surface area contributed by atoms with Crippen LogP contribution in [0.15, 0.2) is 0 Å². The lowest BCUT2D eigenvalue weighted by molar-refractivity contribution is -0.142. The van der Waals surface area contributed by atoms with Gasteiger partial charge >= 0.3 is 5.97 Å². The summed E-state index contributed by atoms with van der Waals surface area (Å²) in [6.07, 6.45) is 3.71. The van der Waals surface area contributed by atoms with E-state index in [4.69, 9.17) is 9.84 Å². The summed E-state index contributed by atoms with van der Waals surface area (Å²) in [7, 11) is 0. The minimum absolute atomic E-state index is 0.104. The van der Waals surface area contributed by atoms with E-state index >= 15 is 0 Å². The van der Waals surface area contributed by atoms with Gasteiger partial charge in [-0.3, -0.25) is 4.79 Å². The van der Waals surface area contributed by atoms with Crippen molar-refractivity contribution in [3.05, 3.63) is 0 Å². The van der Waals surface area contributed by atoms with Gasteiger partial charge in [0, 0.05) is 13.2 Å². The Balaban J connectivity index is 3.57. The highest BCUT2D eigenvalue weighted by atomic mass is 16.5. The van der Waals surface area contributed by atoms with Crippen molar-refractivity contribution in [3.63, 3.8) is 0 Å². The van der Waals surface area contributed by atoms with Crippen LogP contribution >= 0.6 is 0 Å². The van der Waals surface area contributed by atoms with Gasteiger partial charge < -0.3 is 15.2 Å². The van der Waals surface area contributed by atoms with E-state index in [9.17, 15) is 4.79 Å². The van der Waals surface area contributed by atoms with E-state index in [1.807, 2.05) is 0 Å². The maximum atomic E-state index is 11.3. The second kappa shape index (κ2) is 9.42. The molecule has 4 heteroatoms. The van der Waals surface area contributed by atoms with Crippen molar-refractivity contribution in [2.24, 2.45) is 5.41 Å². The van der Waals surface area contributed by atoms with E-state index in [1.54, 1.807) is 0 Å². The minimum atomic E-state index is -0.184. The number of esters is 1. The number of aliphatic hydroxyl groups excluding tert-OH is 1. The highest BCUT2D eigenvalue weighted by Crippen LogP contribution is 2.20. The van der Waals surface area contributed by atoms with Crippen molar-refractivity contribution >= 4 is 5.97 Å². The molecule has 0 aromatic heterocycles. The normalized spacial score (nSPS) is 11.5. The number of ether oxygens (including phenoxy) is 1. The molecule has 0 saturated carbocycles. The Labute approximate surface area is 105 Å². The van der Waals surface area contributed by atoms with Crippen LogP contribution in [0.1, 0.15) is 46.5 Å². The van der Waals surface area contributed by atoms with Gasteiger partial charge in [0.25, 0.3) is 0 Å². The monoisotopic (exact) mass is 245 g/mol. The van der Waals surface area contributed by atoms with Gasteiger partial charge in [0.2, 0.25) is 0 Å². The predicted octanol–water partition coefficient (Wildman–Crippen LogP) is 1.72. The third-order valence-corrected chi connectivity index (χ3v) is 2.65. The number of carbonyl (C=O) groups excluding carboxylic acids is 1. The van der Waals surface area contributed by atoms with Crippen molar-refractivity contribution in [2.75, 3.05) is 26.3 Å². The number of hydrogen-bond donors (Lipinski definition) is 2. The minimum Gasteiger partial charge on any atom is -0.465 e. The first-order valence-electron chi connectivity index (χ1n) is 6.49. The van der Waals surface area contributed by atoms with E-state index in [0.29, 0.717) is 6.61 Å². The third kappa shape index (κ3) is 10.3. The largest absolute Gasteiger partial charge is 0.465 e. The lowest BCUT2D eigenvalue weighted by Gasteiger charge is -2.24. The fourth-order valence-corrected chi connectivity index (χ4v) is 1.53. The first-order chi connectivity index (χ1) is 8.02. The molecule has 0 heterocycles. The molecule has 0 rings (SSSR count). The predicted molar refractivity (Wildman–Crippen MR) is 68.8 cm³/mol. The zero-order valence-electron chi connectivity index (χ0n) is 11.4. The first kappa shape index (κ1) is 16.4. The number of carbonyl (C=O) groups is 1. The molecule has 0 aliphatic carbocycles. The van der Waals surface area contributed by atoms with Crippen molar-refractivity contribution in [2.45, 2.75) is 46.5 Å². The van der Waals surface area contributed by atoms with Crippen LogP contribution < -0.4 is 5.32 Å². The molecule has 0 radical (unpaired) electrons. The topological polar surface area (TPSA) is 58.6 Å². The lowest BCUT2D eigenvalue weighted by Crippen LogP contribution is -2.34. The molecule has 0 unspecified atom stereocenters. The van der Waals surface area contributed by atoms with Crippen molar-refractivity contribution in [1.29, 1.82) is 0 Å². The maximum Gasteiger partial charge on any atom is 0.319 e. The van der Waals surface area contributed by atoms with Gasteiger partial charge in [0.05, 0.1) is 13.2 Å². The van der Waals surface area contributed by atoms with Crippen LogP contribution in [0.25, 0.3) is 0 Å². The van der Waals surface area contributed by atoms with E-state index in [0.717, 1.165) is 32.2 Å². The van der Waals surface area contributed by atoms with E-state index in [2.05, 4.69) is 26.1 Å². The summed E-state index contributed by atoms with van der Waals surface area (Å²) in [6, 6.07) is 0. The molecule has 0 saturated heterocycles. The molecule has 4 nitrogen and oxygen atoms in total. The Morgan fingerprint density at radius 1 is 1.35 bits per heavy atom. The molecule has 102 valence electrons. The van der Waals surface area contributed by atoms with Crippen LogP contribution in [0.3, 0.4) is 0 Å². The van der Waals surface area contributed by atoms with Gasteiger partial charge in [-0.1, -0.05) is 27.2 Å². The quantitative estimate of drug-likeness (QED) is 0.454. The molecule has 2 N–H and O–H groups in total. The van der Waals surface area contributed by atoms with Crippen LogP contribution in [0.2, 0.25) is 0 Å². The fraction of sp³-hybridized carbons (Fsp3) is 0.923. The molecule has 0 amide bonds. The van der Waals surface area contributed by atoms with Crippen LogP contribution in [0.5, 0.6) is 0 Å². The van der Waals surface area contributed by atoms with Gasteiger partial charge in [-0.25, -0.2) is 0 Å². The van der Waals surface area contributed by atoms with Crippen molar-refractivity contribution < 1.29 is 14.6 Å². The Bertz CT molecular complexity index is 205. The Kier molecular flexibility index (Phi) is 9.09. The summed E-state index contributed by atoms with van der Waals surface area (Å²) in [6.45, 7) is 8.08. The van der Waals surface area contributed by atoms with Crippen LogP contribution in [0.4, 0.5) is 0 Å². The lowest BCUT2D eigenvalue weighted by atomic mass is 9.88. The Morgan fingerprint density at radius 3 is 2.65 bits per heavy atom. The smallest absolute Gasteiger partial charge is 0.319 e. The van der Waals surface area contributed by atoms with Gasteiger partial charge in [-0.15, -0.1) is 0 Å². The number of nitrogens with one attached hydrogen (secondary N) is 1. The molecule has 0 aromatic carbocycles. The molecular formula is C13H27NO3. The van der Waals surface area contributed by atoms with Crippen LogP contribution in [-0.4, -0.2) is 37.4 Å². The SMILES string of the molecule is CCCCOC(=O)CNCC(C)(C)CCCO. The Morgan fingerprint density at radius 2 is 2.06 bits per heavy atom. The number of aliphatic hydroxyl groups is 1. The highest BCUT2D eigenvalue weighted by Gasteiger charge is 2.17. The van der Waals surface area contributed by atoms with Crippen molar-refractivity contribution in [1.82, 2.24) is 5.32 Å². The molecule has 0 atom stereocenters. The summed E-state index contributed by atoms with van der Waals surface area (Å²) in [5.74, 6) is -0.184.